The Morgan fingerprint density at radius 3 is 2.75 bits per heavy atom. The molecule has 1 unspecified atom stereocenters. The molecule has 4 nitrogen and oxygen atoms in total. The van der Waals surface area contributed by atoms with Gasteiger partial charge in [0.15, 0.2) is 0 Å². The monoisotopic (exact) mass is 387 g/mol. The van der Waals surface area contributed by atoms with Crippen LogP contribution in [-0.4, -0.2) is 23.4 Å². The average molecular weight is 387 g/mol. The summed E-state index contributed by atoms with van der Waals surface area (Å²) < 4.78 is 46.0. The molecule has 146 valence electrons. The number of halogens is 3. The Labute approximate surface area is 160 Å². The first kappa shape index (κ1) is 18.7. The van der Waals surface area contributed by atoms with Crippen molar-refractivity contribution in [1.82, 2.24) is 10.2 Å². The van der Waals surface area contributed by atoms with Gasteiger partial charge >= 0.3 is 0 Å². The van der Waals surface area contributed by atoms with Crippen molar-refractivity contribution in [3.63, 3.8) is 0 Å². The SMILES string of the molecule is C[C@@H](Nc1cnnc2ccc(C3CCOC3)cc12)c1cccc(C(F)F)c1F. The predicted molar refractivity (Wildman–Crippen MR) is 101 cm³/mol. The molecule has 4 rings (SSSR count). The van der Waals surface area contributed by atoms with E-state index in [4.69, 9.17) is 4.74 Å². The van der Waals surface area contributed by atoms with Gasteiger partial charge in [-0.1, -0.05) is 24.3 Å². The van der Waals surface area contributed by atoms with Gasteiger partial charge in [0, 0.05) is 23.5 Å². The highest BCUT2D eigenvalue weighted by Crippen LogP contribution is 2.33. The van der Waals surface area contributed by atoms with E-state index in [2.05, 4.69) is 15.5 Å². The molecule has 0 aliphatic carbocycles. The second-order valence-corrected chi connectivity index (χ2v) is 7.01. The van der Waals surface area contributed by atoms with Crippen molar-refractivity contribution < 1.29 is 17.9 Å². The predicted octanol–water partition coefficient (Wildman–Crippen LogP) is 5.38. The average Bonchev–Trinajstić information content (AvgIpc) is 3.22. The molecule has 2 atom stereocenters. The van der Waals surface area contributed by atoms with Crippen LogP contribution >= 0.6 is 0 Å². The lowest BCUT2D eigenvalue weighted by Crippen LogP contribution is -2.11. The minimum Gasteiger partial charge on any atom is -0.381 e. The lowest BCUT2D eigenvalue weighted by Gasteiger charge is -2.19. The molecule has 1 aliphatic rings. The van der Waals surface area contributed by atoms with Crippen LogP contribution in [0.5, 0.6) is 0 Å². The van der Waals surface area contributed by atoms with E-state index in [1.165, 1.54) is 12.1 Å². The summed E-state index contributed by atoms with van der Waals surface area (Å²) in [6.07, 6.45) is -0.316. The Kier molecular flexibility index (Phi) is 5.17. The number of aromatic nitrogens is 2. The Morgan fingerprint density at radius 2 is 2.00 bits per heavy atom. The van der Waals surface area contributed by atoms with Crippen LogP contribution in [0.4, 0.5) is 18.9 Å². The van der Waals surface area contributed by atoms with Gasteiger partial charge in [-0.3, -0.25) is 0 Å². The molecule has 0 amide bonds. The second-order valence-electron chi connectivity index (χ2n) is 7.01. The number of benzene rings is 2. The molecule has 1 aromatic heterocycles. The maximum Gasteiger partial charge on any atom is 0.266 e. The summed E-state index contributed by atoms with van der Waals surface area (Å²) in [5.41, 5.74) is 2.14. The fourth-order valence-electron chi connectivity index (χ4n) is 3.62. The minimum atomic E-state index is -2.85. The first-order chi connectivity index (χ1) is 13.5. The van der Waals surface area contributed by atoms with Crippen LogP contribution in [0.2, 0.25) is 0 Å². The maximum absolute atomic E-state index is 14.5. The molecular weight excluding hydrogens is 367 g/mol. The number of rotatable bonds is 5. The molecule has 28 heavy (non-hydrogen) atoms. The molecule has 1 aliphatic heterocycles. The number of hydrogen-bond acceptors (Lipinski definition) is 4. The van der Waals surface area contributed by atoms with E-state index in [1.54, 1.807) is 13.1 Å². The topological polar surface area (TPSA) is 47.0 Å². The zero-order valence-electron chi connectivity index (χ0n) is 15.3. The van der Waals surface area contributed by atoms with E-state index in [1.807, 2.05) is 18.2 Å². The first-order valence-corrected chi connectivity index (χ1v) is 9.20. The zero-order valence-corrected chi connectivity index (χ0v) is 15.3. The smallest absolute Gasteiger partial charge is 0.266 e. The summed E-state index contributed by atoms with van der Waals surface area (Å²) in [7, 11) is 0. The van der Waals surface area contributed by atoms with Crippen molar-refractivity contribution in [1.29, 1.82) is 0 Å². The molecule has 0 bridgehead atoms. The molecule has 2 heterocycles. The van der Waals surface area contributed by atoms with Crippen LogP contribution in [0.25, 0.3) is 10.9 Å². The second kappa shape index (κ2) is 7.75. The summed E-state index contributed by atoms with van der Waals surface area (Å²) >= 11 is 0. The van der Waals surface area contributed by atoms with E-state index in [0.717, 1.165) is 30.0 Å². The summed E-state index contributed by atoms with van der Waals surface area (Å²) in [6, 6.07) is 9.51. The number of nitrogens with zero attached hydrogens (tertiary/aromatic N) is 2. The molecule has 7 heteroatoms. The molecule has 3 aromatic rings. The Hall–Kier alpha value is -2.67. The highest BCUT2D eigenvalue weighted by molar-refractivity contribution is 5.91. The Morgan fingerprint density at radius 1 is 1.18 bits per heavy atom. The number of nitrogens with one attached hydrogen (secondary N) is 1. The third-order valence-corrected chi connectivity index (χ3v) is 5.20. The number of anilines is 1. The first-order valence-electron chi connectivity index (χ1n) is 9.20. The van der Waals surface area contributed by atoms with Gasteiger partial charge in [0.2, 0.25) is 0 Å². The van der Waals surface area contributed by atoms with E-state index < -0.39 is 23.8 Å². The minimum absolute atomic E-state index is 0.183. The van der Waals surface area contributed by atoms with Crippen LogP contribution in [-0.2, 0) is 4.74 Å². The van der Waals surface area contributed by atoms with Crippen molar-refractivity contribution in [2.24, 2.45) is 0 Å². The van der Waals surface area contributed by atoms with Crippen molar-refractivity contribution in [3.8, 4) is 0 Å². The van der Waals surface area contributed by atoms with E-state index in [-0.39, 0.29) is 5.56 Å². The van der Waals surface area contributed by atoms with Gasteiger partial charge in [-0.15, -0.1) is 0 Å². The molecule has 2 aromatic carbocycles. The van der Waals surface area contributed by atoms with E-state index >= 15 is 0 Å². The largest absolute Gasteiger partial charge is 0.381 e. The third kappa shape index (κ3) is 3.54. The van der Waals surface area contributed by atoms with Crippen LogP contribution < -0.4 is 5.32 Å². The van der Waals surface area contributed by atoms with Crippen LogP contribution in [0.1, 0.15) is 48.4 Å². The normalized spacial score (nSPS) is 18.0. The molecule has 1 saturated heterocycles. The van der Waals surface area contributed by atoms with E-state index in [9.17, 15) is 13.2 Å². The maximum atomic E-state index is 14.5. The highest BCUT2D eigenvalue weighted by Gasteiger charge is 2.21. The van der Waals surface area contributed by atoms with Crippen molar-refractivity contribution >= 4 is 16.6 Å². The standard InChI is InChI=1S/C21H20F3N3O/c1-12(15-3-2-4-16(20(15)22)21(23)24)26-19-10-25-27-18-6-5-13(9-17(18)19)14-7-8-28-11-14/h2-6,9-10,12,14,21H,7-8,11H2,1H3,(H,26,27)/t12-,14?/m1/s1. The lowest BCUT2D eigenvalue weighted by atomic mass is 9.96. The van der Waals surface area contributed by atoms with Crippen molar-refractivity contribution in [3.05, 3.63) is 65.1 Å². The number of alkyl halides is 2. The zero-order chi connectivity index (χ0) is 19.7. The summed E-state index contributed by atoms with van der Waals surface area (Å²) in [5, 5.41) is 12.2. The summed E-state index contributed by atoms with van der Waals surface area (Å²) in [5.74, 6) is -0.546. The molecule has 0 spiro atoms. The number of fused-ring (bicyclic) bond motifs is 1. The molecule has 0 saturated carbocycles. The number of hydrogen-bond donors (Lipinski definition) is 1. The Balaban J connectivity index is 1.67. The van der Waals surface area contributed by atoms with Gasteiger partial charge in [-0.2, -0.15) is 10.2 Å². The van der Waals surface area contributed by atoms with E-state index in [0.29, 0.717) is 23.7 Å². The molecule has 1 fully saturated rings. The summed E-state index contributed by atoms with van der Waals surface area (Å²) in [4.78, 5) is 0. The Bertz CT molecular complexity index is 990. The van der Waals surface area contributed by atoms with Crippen LogP contribution in [0.15, 0.2) is 42.6 Å². The van der Waals surface area contributed by atoms with Crippen molar-refractivity contribution in [2.75, 3.05) is 18.5 Å². The van der Waals surface area contributed by atoms with Crippen LogP contribution in [0.3, 0.4) is 0 Å². The quantitative estimate of drug-likeness (QED) is 0.638. The fourth-order valence-corrected chi connectivity index (χ4v) is 3.62. The number of ether oxygens (including phenoxy) is 1. The molecular formula is C21H20F3N3O. The van der Waals surface area contributed by atoms with Crippen molar-refractivity contribution in [2.45, 2.75) is 31.7 Å². The molecule has 0 radical (unpaired) electrons. The van der Waals surface area contributed by atoms with Gasteiger partial charge in [-0.05, 0) is 31.0 Å². The van der Waals surface area contributed by atoms with Crippen LogP contribution in [0, 0.1) is 5.82 Å². The third-order valence-electron chi connectivity index (χ3n) is 5.20. The van der Waals surface area contributed by atoms with Gasteiger partial charge in [0.1, 0.15) is 5.82 Å². The summed E-state index contributed by atoms with van der Waals surface area (Å²) in [6.45, 7) is 3.17. The fraction of sp³-hybridized carbons (Fsp3) is 0.333. The van der Waals surface area contributed by atoms with Gasteiger partial charge in [0.25, 0.3) is 6.43 Å². The van der Waals surface area contributed by atoms with Gasteiger partial charge in [-0.25, -0.2) is 13.2 Å². The van der Waals surface area contributed by atoms with Gasteiger partial charge in [0.05, 0.1) is 35.6 Å². The molecule has 1 N–H and O–H groups in total. The van der Waals surface area contributed by atoms with Gasteiger partial charge < -0.3 is 10.1 Å². The highest BCUT2D eigenvalue weighted by atomic mass is 19.3. The lowest BCUT2D eigenvalue weighted by molar-refractivity contribution is 0.146.